The van der Waals surface area contributed by atoms with E-state index in [0.717, 1.165) is 0 Å². The fourth-order valence-corrected chi connectivity index (χ4v) is 1.59. The predicted octanol–water partition coefficient (Wildman–Crippen LogP) is 2.50. The molecular formula is C9H5ClN2O3. The van der Waals surface area contributed by atoms with Crippen molar-refractivity contribution in [2.45, 2.75) is 0 Å². The Hall–Kier alpha value is -1.88. The molecule has 0 spiro atoms. The van der Waals surface area contributed by atoms with Crippen LogP contribution in [0.5, 0.6) is 5.75 Å². The molecule has 0 aliphatic heterocycles. The summed E-state index contributed by atoms with van der Waals surface area (Å²) in [6.07, 6.45) is 1.38. The van der Waals surface area contributed by atoms with Crippen LogP contribution >= 0.6 is 11.6 Å². The van der Waals surface area contributed by atoms with Crippen molar-refractivity contribution in [1.29, 1.82) is 0 Å². The van der Waals surface area contributed by atoms with Crippen LogP contribution in [0.1, 0.15) is 0 Å². The van der Waals surface area contributed by atoms with Crippen LogP contribution in [-0.2, 0) is 0 Å². The van der Waals surface area contributed by atoms with Crippen LogP contribution in [0.15, 0.2) is 24.4 Å². The maximum Gasteiger partial charge on any atom is 0.280 e. The van der Waals surface area contributed by atoms with Gasteiger partial charge < -0.3 is 5.11 Å². The quantitative estimate of drug-likeness (QED) is 0.596. The molecule has 0 aliphatic carbocycles. The number of benzene rings is 1. The van der Waals surface area contributed by atoms with Gasteiger partial charge in [0.15, 0.2) is 0 Å². The third-order valence-corrected chi connectivity index (χ3v) is 2.31. The summed E-state index contributed by atoms with van der Waals surface area (Å²) in [6.45, 7) is 0. The van der Waals surface area contributed by atoms with Crippen molar-refractivity contribution in [1.82, 2.24) is 4.98 Å². The van der Waals surface area contributed by atoms with E-state index in [9.17, 15) is 15.2 Å². The average Bonchev–Trinajstić information content (AvgIpc) is 2.19. The number of aromatic hydroxyl groups is 1. The Balaban J connectivity index is 2.96. The molecule has 1 N–H and O–H groups in total. The van der Waals surface area contributed by atoms with Crippen molar-refractivity contribution in [3.63, 3.8) is 0 Å². The zero-order valence-corrected chi connectivity index (χ0v) is 8.10. The van der Waals surface area contributed by atoms with Crippen LogP contribution in [-0.4, -0.2) is 15.0 Å². The Morgan fingerprint density at radius 2 is 2.13 bits per heavy atom. The number of pyridine rings is 1. The lowest BCUT2D eigenvalue weighted by atomic mass is 10.1. The molecule has 0 fully saturated rings. The Morgan fingerprint density at radius 3 is 2.80 bits per heavy atom. The molecule has 76 valence electrons. The molecule has 2 aromatic rings. The molecule has 0 atom stereocenters. The van der Waals surface area contributed by atoms with Crippen molar-refractivity contribution in [3.05, 3.63) is 39.5 Å². The molecule has 0 amide bonds. The minimum Gasteiger partial charge on any atom is -0.506 e. The SMILES string of the molecule is O=[N+]([O-])c1ccc(O)c2nccc(Cl)c12. The number of phenolic OH excluding ortho intramolecular Hbond substituents is 1. The summed E-state index contributed by atoms with van der Waals surface area (Å²) in [4.78, 5) is 14.0. The van der Waals surface area contributed by atoms with Crippen LogP contribution in [0.4, 0.5) is 5.69 Å². The molecule has 0 unspecified atom stereocenters. The third-order valence-electron chi connectivity index (χ3n) is 1.99. The van der Waals surface area contributed by atoms with Gasteiger partial charge in [-0.15, -0.1) is 0 Å². The molecule has 1 aromatic carbocycles. The number of nitrogens with zero attached hydrogens (tertiary/aromatic N) is 2. The molecule has 1 heterocycles. The molecule has 0 saturated carbocycles. The Morgan fingerprint density at radius 1 is 1.40 bits per heavy atom. The maximum absolute atomic E-state index is 10.7. The van der Waals surface area contributed by atoms with Gasteiger partial charge in [0.2, 0.25) is 0 Å². The topological polar surface area (TPSA) is 76.3 Å². The van der Waals surface area contributed by atoms with Crippen LogP contribution in [0.2, 0.25) is 5.02 Å². The molecule has 0 bridgehead atoms. The van der Waals surface area contributed by atoms with Gasteiger partial charge in [0.05, 0.1) is 9.95 Å². The summed E-state index contributed by atoms with van der Waals surface area (Å²) < 4.78 is 0. The first-order valence-corrected chi connectivity index (χ1v) is 4.39. The molecule has 0 radical (unpaired) electrons. The summed E-state index contributed by atoms with van der Waals surface area (Å²) in [5.41, 5.74) is -0.0300. The van der Waals surface area contributed by atoms with Crippen molar-refractivity contribution >= 4 is 28.2 Å². The van der Waals surface area contributed by atoms with Gasteiger partial charge in [-0.1, -0.05) is 11.6 Å². The number of hydrogen-bond donors (Lipinski definition) is 1. The van der Waals surface area contributed by atoms with Gasteiger partial charge in [-0.3, -0.25) is 15.1 Å². The highest BCUT2D eigenvalue weighted by Gasteiger charge is 2.17. The average molecular weight is 225 g/mol. The molecule has 0 saturated heterocycles. The monoisotopic (exact) mass is 224 g/mol. The Bertz CT molecular complexity index is 556. The van der Waals surface area contributed by atoms with Crippen molar-refractivity contribution < 1.29 is 10.0 Å². The maximum atomic E-state index is 10.7. The van der Waals surface area contributed by atoms with Gasteiger partial charge in [0.1, 0.15) is 16.7 Å². The van der Waals surface area contributed by atoms with Gasteiger partial charge in [-0.25, -0.2) is 0 Å². The largest absolute Gasteiger partial charge is 0.506 e. The van der Waals surface area contributed by atoms with Gasteiger partial charge in [-0.05, 0) is 12.1 Å². The van der Waals surface area contributed by atoms with Gasteiger partial charge in [0.25, 0.3) is 5.69 Å². The fourth-order valence-electron chi connectivity index (χ4n) is 1.35. The normalized spacial score (nSPS) is 10.5. The number of non-ortho nitro benzene ring substituents is 1. The van der Waals surface area contributed by atoms with E-state index < -0.39 is 4.92 Å². The number of halogens is 1. The summed E-state index contributed by atoms with van der Waals surface area (Å²) in [5.74, 6) is -0.127. The number of fused-ring (bicyclic) bond motifs is 1. The van der Waals surface area contributed by atoms with E-state index in [2.05, 4.69) is 4.98 Å². The number of phenols is 1. The number of hydrogen-bond acceptors (Lipinski definition) is 4. The van der Waals surface area contributed by atoms with E-state index in [-0.39, 0.29) is 27.4 Å². The Labute approximate surface area is 89.1 Å². The summed E-state index contributed by atoms with van der Waals surface area (Å²) in [6, 6.07) is 3.87. The zero-order valence-electron chi connectivity index (χ0n) is 7.35. The van der Waals surface area contributed by atoms with E-state index in [4.69, 9.17) is 11.6 Å². The molecule has 15 heavy (non-hydrogen) atoms. The summed E-state index contributed by atoms with van der Waals surface area (Å²) in [5, 5.41) is 20.5. The lowest BCUT2D eigenvalue weighted by Gasteiger charge is -2.02. The third kappa shape index (κ3) is 1.46. The molecular weight excluding hydrogens is 220 g/mol. The molecule has 6 heteroatoms. The highest BCUT2D eigenvalue weighted by molar-refractivity contribution is 6.36. The Kier molecular flexibility index (Phi) is 2.17. The standard InChI is InChI=1S/C9H5ClN2O3/c10-5-3-4-11-9-7(13)2-1-6(8(5)9)12(14)15/h1-4,13H. The highest BCUT2D eigenvalue weighted by Crippen LogP contribution is 2.35. The smallest absolute Gasteiger partial charge is 0.280 e. The lowest BCUT2D eigenvalue weighted by Crippen LogP contribution is -1.91. The number of rotatable bonds is 1. The second-order valence-electron chi connectivity index (χ2n) is 2.88. The molecule has 1 aromatic heterocycles. The second kappa shape index (κ2) is 3.36. The molecule has 5 nitrogen and oxygen atoms in total. The van der Waals surface area contributed by atoms with E-state index in [1.165, 1.54) is 24.4 Å². The van der Waals surface area contributed by atoms with Crippen LogP contribution in [0.25, 0.3) is 10.9 Å². The van der Waals surface area contributed by atoms with Crippen LogP contribution in [0, 0.1) is 10.1 Å². The van der Waals surface area contributed by atoms with Crippen molar-refractivity contribution in [2.24, 2.45) is 0 Å². The van der Waals surface area contributed by atoms with E-state index in [1.807, 2.05) is 0 Å². The van der Waals surface area contributed by atoms with Gasteiger partial charge >= 0.3 is 0 Å². The number of nitro benzene ring substituents is 1. The van der Waals surface area contributed by atoms with Gasteiger partial charge in [-0.2, -0.15) is 0 Å². The first-order chi connectivity index (χ1) is 7.11. The zero-order chi connectivity index (χ0) is 11.0. The van der Waals surface area contributed by atoms with E-state index in [1.54, 1.807) is 0 Å². The molecule has 2 rings (SSSR count). The predicted molar refractivity (Wildman–Crippen MR) is 55.1 cm³/mol. The van der Waals surface area contributed by atoms with Crippen LogP contribution in [0.3, 0.4) is 0 Å². The summed E-state index contributed by atoms with van der Waals surface area (Å²) >= 11 is 5.82. The first kappa shape index (κ1) is 9.67. The fraction of sp³-hybridized carbons (Fsp3) is 0. The van der Waals surface area contributed by atoms with E-state index in [0.29, 0.717) is 0 Å². The minimum absolute atomic E-state index is 0.127. The van der Waals surface area contributed by atoms with Crippen molar-refractivity contribution in [3.8, 4) is 5.75 Å². The van der Waals surface area contributed by atoms with E-state index >= 15 is 0 Å². The lowest BCUT2D eigenvalue weighted by molar-refractivity contribution is -0.383. The molecule has 0 aliphatic rings. The number of aromatic nitrogens is 1. The minimum atomic E-state index is -0.560. The number of nitro groups is 1. The highest BCUT2D eigenvalue weighted by atomic mass is 35.5. The second-order valence-corrected chi connectivity index (χ2v) is 3.28. The van der Waals surface area contributed by atoms with Crippen molar-refractivity contribution in [2.75, 3.05) is 0 Å². The van der Waals surface area contributed by atoms with Gasteiger partial charge in [0, 0.05) is 12.3 Å². The first-order valence-electron chi connectivity index (χ1n) is 4.02. The van der Waals surface area contributed by atoms with Crippen LogP contribution < -0.4 is 0 Å². The summed E-state index contributed by atoms with van der Waals surface area (Å²) in [7, 11) is 0.